The van der Waals surface area contributed by atoms with Crippen molar-refractivity contribution in [3.8, 4) is 0 Å². The van der Waals surface area contributed by atoms with Crippen molar-refractivity contribution in [3.63, 3.8) is 0 Å². The van der Waals surface area contributed by atoms with Gasteiger partial charge in [-0.05, 0) is 36.8 Å². The fourth-order valence-electron chi connectivity index (χ4n) is 2.60. The van der Waals surface area contributed by atoms with E-state index in [0.717, 1.165) is 0 Å². The largest absolute Gasteiger partial charge is 0.322 e. The van der Waals surface area contributed by atoms with Gasteiger partial charge in [-0.2, -0.15) is 4.31 Å². The Kier molecular flexibility index (Phi) is 6.29. The van der Waals surface area contributed by atoms with E-state index in [-0.39, 0.29) is 16.1 Å². The predicted octanol–water partition coefficient (Wildman–Crippen LogP) is 3.19. The van der Waals surface area contributed by atoms with Gasteiger partial charge < -0.3 is 5.32 Å². The number of carbonyl (C=O) groups is 1. The van der Waals surface area contributed by atoms with Crippen molar-refractivity contribution in [2.45, 2.75) is 25.7 Å². The van der Waals surface area contributed by atoms with E-state index < -0.39 is 20.9 Å². The van der Waals surface area contributed by atoms with Gasteiger partial charge in [0.05, 0.1) is 9.82 Å². The average Bonchev–Trinajstić information content (AvgIpc) is 2.64. The molecule has 0 radical (unpaired) electrons. The molecule has 2 aromatic carbocycles. The Morgan fingerprint density at radius 2 is 1.70 bits per heavy atom. The molecule has 0 saturated carbocycles. The first-order chi connectivity index (χ1) is 12.7. The number of hydrogen-bond donors (Lipinski definition) is 1. The summed E-state index contributed by atoms with van der Waals surface area (Å²) in [6, 6.07) is 9.82. The van der Waals surface area contributed by atoms with E-state index in [1.54, 1.807) is 32.9 Å². The number of carbonyl (C=O) groups excluding carboxylic acids is 1. The van der Waals surface area contributed by atoms with Crippen LogP contribution in [0.3, 0.4) is 0 Å². The number of anilines is 1. The first-order valence-electron chi connectivity index (χ1n) is 8.37. The number of rotatable bonds is 7. The van der Waals surface area contributed by atoms with Crippen molar-refractivity contribution in [2.24, 2.45) is 0 Å². The van der Waals surface area contributed by atoms with Gasteiger partial charge in [-0.15, -0.1) is 0 Å². The molecular weight excluding hydrogens is 370 g/mol. The third-order valence-electron chi connectivity index (χ3n) is 4.11. The summed E-state index contributed by atoms with van der Waals surface area (Å²) in [6.45, 7) is 5.90. The quantitative estimate of drug-likeness (QED) is 0.576. The highest BCUT2D eigenvalue weighted by Gasteiger charge is 2.24. The van der Waals surface area contributed by atoms with Crippen molar-refractivity contribution in [1.82, 2.24) is 4.31 Å². The number of nitrogens with zero attached hydrogens (tertiary/aromatic N) is 2. The van der Waals surface area contributed by atoms with E-state index in [0.29, 0.717) is 24.3 Å². The number of nitro groups is 1. The molecule has 2 rings (SSSR count). The summed E-state index contributed by atoms with van der Waals surface area (Å²) in [4.78, 5) is 22.6. The molecule has 0 atom stereocenters. The Morgan fingerprint density at radius 1 is 1.11 bits per heavy atom. The number of nitro benzene ring substituents is 1. The van der Waals surface area contributed by atoms with Gasteiger partial charge >= 0.3 is 0 Å². The van der Waals surface area contributed by atoms with E-state index in [1.165, 1.54) is 34.6 Å². The van der Waals surface area contributed by atoms with Crippen LogP contribution < -0.4 is 5.32 Å². The summed E-state index contributed by atoms with van der Waals surface area (Å²) >= 11 is 0. The monoisotopic (exact) mass is 391 g/mol. The molecule has 0 unspecified atom stereocenters. The molecule has 1 N–H and O–H groups in total. The summed E-state index contributed by atoms with van der Waals surface area (Å²) in [5, 5.41) is 13.3. The van der Waals surface area contributed by atoms with Crippen LogP contribution in [0.25, 0.3) is 0 Å². The second kappa shape index (κ2) is 8.28. The highest BCUT2D eigenvalue weighted by molar-refractivity contribution is 7.89. The van der Waals surface area contributed by atoms with E-state index in [2.05, 4.69) is 5.32 Å². The van der Waals surface area contributed by atoms with Crippen LogP contribution in [0.2, 0.25) is 0 Å². The molecule has 0 aliphatic carbocycles. The molecule has 8 nitrogen and oxygen atoms in total. The molecule has 0 aromatic heterocycles. The minimum Gasteiger partial charge on any atom is -0.322 e. The van der Waals surface area contributed by atoms with Gasteiger partial charge in [0, 0.05) is 36.5 Å². The van der Waals surface area contributed by atoms with E-state index in [1.807, 2.05) is 0 Å². The summed E-state index contributed by atoms with van der Waals surface area (Å²) in [5.41, 5.74) is 1.02. The molecule has 0 heterocycles. The fraction of sp³-hybridized carbons (Fsp3) is 0.278. The van der Waals surface area contributed by atoms with Crippen LogP contribution in [-0.4, -0.2) is 36.6 Å². The first kappa shape index (κ1) is 20.5. The van der Waals surface area contributed by atoms with Crippen molar-refractivity contribution in [1.29, 1.82) is 0 Å². The van der Waals surface area contributed by atoms with Crippen LogP contribution in [-0.2, 0) is 10.0 Å². The molecule has 0 aliphatic heterocycles. The third-order valence-corrected chi connectivity index (χ3v) is 6.30. The molecule has 0 bridgehead atoms. The van der Waals surface area contributed by atoms with Crippen LogP contribution >= 0.6 is 0 Å². The van der Waals surface area contributed by atoms with Crippen LogP contribution in [0, 0.1) is 17.0 Å². The van der Waals surface area contributed by atoms with Gasteiger partial charge in [0.1, 0.15) is 0 Å². The molecule has 9 heteroatoms. The molecule has 2 aromatic rings. The standard InChI is InChI=1S/C18H21N3O5S/c1-4-20(5-2)27(25,26)17-12-15(9-6-13(17)3)19-18(22)14-7-10-16(11-8-14)21(23)24/h6-12H,4-5H2,1-3H3,(H,19,22). The van der Waals surface area contributed by atoms with E-state index >= 15 is 0 Å². The van der Waals surface area contributed by atoms with Gasteiger partial charge in [-0.1, -0.05) is 19.9 Å². The lowest BCUT2D eigenvalue weighted by Crippen LogP contribution is -2.31. The van der Waals surface area contributed by atoms with Gasteiger partial charge in [0.2, 0.25) is 10.0 Å². The maximum absolute atomic E-state index is 12.8. The molecule has 0 aliphatic rings. The van der Waals surface area contributed by atoms with Crippen molar-refractivity contribution in [2.75, 3.05) is 18.4 Å². The smallest absolute Gasteiger partial charge is 0.269 e. The number of amides is 1. The molecule has 0 saturated heterocycles. The van der Waals surface area contributed by atoms with Gasteiger partial charge in [0.15, 0.2) is 0 Å². The molecule has 27 heavy (non-hydrogen) atoms. The maximum atomic E-state index is 12.8. The van der Waals surface area contributed by atoms with Gasteiger partial charge in [0.25, 0.3) is 11.6 Å². The molecular formula is C18H21N3O5S. The summed E-state index contributed by atoms with van der Waals surface area (Å²) < 4.78 is 26.9. The molecule has 0 fully saturated rings. The number of benzene rings is 2. The predicted molar refractivity (Wildman–Crippen MR) is 102 cm³/mol. The van der Waals surface area contributed by atoms with E-state index in [9.17, 15) is 23.3 Å². The number of hydrogen-bond acceptors (Lipinski definition) is 5. The first-order valence-corrected chi connectivity index (χ1v) is 9.81. The zero-order valence-corrected chi connectivity index (χ0v) is 16.1. The lowest BCUT2D eigenvalue weighted by atomic mass is 10.2. The molecule has 0 spiro atoms. The van der Waals surface area contributed by atoms with Crippen molar-refractivity contribution in [3.05, 3.63) is 63.7 Å². The minimum absolute atomic E-state index is 0.116. The highest BCUT2D eigenvalue weighted by Crippen LogP contribution is 2.24. The highest BCUT2D eigenvalue weighted by atomic mass is 32.2. The maximum Gasteiger partial charge on any atom is 0.269 e. The normalized spacial score (nSPS) is 11.4. The zero-order chi connectivity index (χ0) is 20.2. The van der Waals surface area contributed by atoms with Crippen molar-refractivity contribution < 1.29 is 18.1 Å². The van der Waals surface area contributed by atoms with Gasteiger partial charge in [-0.3, -0.25) is 14.9 Å². The number of aryl methyl sites for hydroxylation is 1. The number of non-ortho nitro benzene ring substituents is 1. The lowest BCUT2D eigenvalue weighted by Gasteiger charge is -2.20. The summed E-state index contributed by atoms with van der Waals surface area (Å²) in [6.07, 6.45) is 0. The Morgan fingerprint density at radius 3 is 2.22 bits per heavy atom. The zero-order valence-electron chi connectivity index (χ0n) is 15.3. The molecule has 1 amide bonds. The SMILES string of the molecule is CCN(CC)S(=O)(=O)c1cc(NC(=O)c2ccc([N+](=O)[O-])cc2)ccc1C. The second-order valence-corrected chi connectivity index (χ2v) is 7.73. The lowest BCUT2D eigenvalue weighted by molar-refractivity contribution is -0.384. The Hall–Kier alpha value is -2.78. The van der Waals surface area contributed by atoms with Crippen molar-refractivity contribution >= 4 is 27.3 Å². The second-order valence-electron chi connectivity index (χ2n) is 5.83. The van der Waals surface area contributed by atoms with Gasteiger partial charge in [-0.25, -0.2) is 8.42 Å². The van der Waals surface area contributed by atoms with Crippen LogP contribution in [0.15, 0.2) is 47.4 Å². The third kappa shape index (κ3) is 4.50. The fourth-order valence-corrected chi connectivity index (χ4v) is 4.30. The summed E-state index contributed by atoms with van der Waals surface area (Å²) in [5.74, 6) is -0.486. The van der Waals surface area contributed by atoms with Crippen LogP contribution in [0.1, 0.15) is 29.8 Å². The average molecular weight is 391 g/mol. The number of nitrogens with one attached hydrogen (secondary N) is 1. The molecule has 144 valence electrons. The van der Waals surface area contributed by atoms with Crippen LogP contribution in [0.5, 0.6) is 0 Å². The number of sulfonamides is 1. The Bertz CT molecular complexity index is 951. The topological polar surface area (TPSA) is 110 Å². The van der Waals surface area contributed by atoms with E-state index in [4.69, 9.17) is 0 Å². The Balaban J connectivity index is 2.30. The minimum atomic E-state index is -3.66. The van der Waals surface area contributed by atoms with Crippen LogP contribution in [0.4, 0.5) is 11.4 Å². The summed E-state index contributed by atoms with van der Waals surface area (Å²) in [7, 11) is -3.66. The Labute approximate surface area is 158 Å².